The monoisotopic (exact) mass is 177 g/mol. The summed E-state index contributed by atoms with van der Waals surface area (Å²) in [6, 6.07) is 0.874. The molecule has 0 spiro atoms. The molecule has 1 heteroatoms. The summed E-state index contributed by atoms with van der Waals surface area (Å²) in [5, 5.41) is 3.62. The van der Waals surface area contributed by atoms with Crippen LogP contribution in [0.1, 0.15) is 39.0 Å². The summed E-state index contributed by atoms with van der Waals surface area (Å²) < 4.78 is 0. The number of hydrogen-bond donors (Lipinski definition) is 1. The highest BCUT2D eigenvalue weighted by Crippen LogP contribution is 2.36. The second-order valence-corrected chi connectivity index (χ2v) is 4.41. The van der Waals surface area contributed by atoms with Crippen molar-refractivity contribution in [3.8, 4) is 11.8 Å². The summed E-state index contributed by atoms with van der Waals surface area (Å²) in [5.74, 6) is 8.03. The maximum Gasteiger partial charge on any atom is 0.0120 e. The summed E-state index contributed by atoms with van der Waals surface area (Å²) in [5.41, 5.74) is 0. The van der Waals surface area contributed by atoms with E-state index in [1.807, 2.05) is 6.92 Å². The summed E-state index contributed by atoms with van der Waals surface area (Å²) in [6.07, 6.45) is 6.79. The molecule has 2 unspecified atom stereocenters. The summed E-state index contributed by atoms with van der Waals surface area (Å²) in [6.45, 7) is 3.19. The van der Waals surface area contributed by atoms with Crippen LogP contribution in [-0.2, 0) is 0 Å². The van der Waals surface area contributed by atoms with E-state index in [0.29, 0.717) is 0 Å². The second kappa shape index (κ2) is 4.15. The lowest BCUT2D eigenvalue weighted by Crippen LogP contribution is -2.35. The van der Waals surface area contributed by atoms with Crippen LogP contribution >= 0.6 is 0 Å². The van der Waals surface area contributed by atoms with E-state index in [9.17, 15) is 0 Å². The predicted octanol–water partition coefficient (Wildman–Crippen LogP) is 2.18. The molecule has 0 bridgehead atoms. The average molecular weight is 177 g/mol. The molecule has 2 fully saturated rings. The molecule has 2 aliphatic rings. The molecule has 0 amide bonds. The lowest BCUT2D eigenvalue weighted by atomic mass is 9.72. The largest absolute Gasteiger partial charge is 0.314 e. The van der Waals surface area contributed by atoms with Gasteiger partial charge in [0.2, 0.25) is 0 Å². The van der Waals surface area contributed by atoms with Gasteiger partial charge < -0.3 is 5.32 Å². The van der Waals surface area contributed by atoms with Crippen LogP contribution in [0.3, 0.4) is 0 Å². The molecule has 1 N–H and O–H groups in total. The van der Waals surface area contributed by atoms with Gasteiger partial charge in [0.25, 0.3) is 0 Å². The van der Waals surface area contributed by atoms with E-state index in [1.54, 1.807) is 0 Å². The van der Waals surface area contributed by atoms with Gasteiger partial charge in [-0.15, -0.1) is 11.8 Å². The van der Waals surface area contributed by atoms with Crippen molar-refractivity contribution in [3.63, 3.8) is 0 Å². The molecule has 2 saturated carbocycles. The zero-order chi connectivity index (χ0) is 9.10. The van der Waals surface area contributed by atoms with Crippen molar-refractivity contribution in [3.05, 3.63) is 0 Å². The second-order valence-electron chi connectivity index (χ2n) is 4.41. The first kappa shape index (κ1) is 9.09. The Morgan fingerprint density at radius 3 is 2.46 bits per heavy atom. The third-order valence-corrected chi connectivity index (χ3v) is 3.36. The fourth-order valence-electron chi connectivity index (χ4n) is 2.01. The van der Waals surface area contributed by atoms with Gasteiger partial charge in [0, 0.05) is 12.5 Å². The molecule has 2 atom stereocenters. The van der Waals surface area contributed by atoms with E-state index in [2.05, 4.69) is 17.2 Å². The van der Waals surface area contributed by atoms with Crippen LogP contribution in [0.2, 0.25) is 0 Å². The molecule has 0 aromatic rings. The Morgan fingerprint density at radius 2 is 1.92 bits per heavy atom. The van der Waals surface area contributed by atoms with Crippen molar-refractivity contribution in [2.24, 2.45) is 11.8 Å². The van der Waals surface area contributed by atoms with Gasteiger partial charge in [-0.25, -0.2) is 0 Å². The SMILES string of the molecule is CC#CCC1CCC1CNC1CC1. The van der Waals surface area contributed by atoms with Gasteiger partial charge in [0.15, 0.2) is 0 Å². The van der Waals surface area contributed by atoms with Crippen molar-refractivity contribution >= 4 is 0 Å². The minimum atomic E-state index is 0.874. The zero-order valence-corrected chi connectivity index (χ0v) is 8.47. The molecule has 0 aliphatic heterocycles. The topological polar surface area (TPSA) is 12.0 Å². The molecular weight excluding hydrogens is 158 g/mol. The van der Waals surface area contributed by atoms with Crippen LogP contribution < -0.4 is 5.32 Å². The molecule has 2 aliphatic carbocycles. The first-order chi connectivity index (χ1) is 6.40. The van der Waals surface area contributed by atoms with Crippen LogP contribution in [0.4, 0.5) is 0 Å². The number of hydrogen-bond acceptors (Lipinski definition) is 1. The van der Waals surface area contributed by atoms with E-state index in [0.717, 1.165) is 24.3 Å². The van der Waals surface area contributed by atoms with Crippen molar-refractivity contribution < 1.29 is 0 Å². The highest BCUT2D eigenvalue weighted by molar-refractivity contribution is 5.00. The molecule has 0 aromatic heterocycles. The van der Waals surface area contributed by atoms with Crippen LogP contribution in [-0.4, -0.2) is 12.6 Å². The maximum atomic E-state index is 3.62. The van der Waals surface area contributed by atoms with Gasteiger partial charge in [-0.05, 0) is 51.0 Å². The first-order valence-corrected chi connectivity index (χ1v) is 5.53. The molecule has 0 aromatic carbocycles. The van der Waals surface area contributed by atoms with Crippen LogP contribution in [0.25, 0.3) is 0 Å². The van der Waals surface area contributed by atoms with Crippen molar-refractivity contribution in [1.29, 1.82) is 0 Å². The van der Waals surface area contributed by atoms with E-state index in [1.165, 1.54) is 32.2 Å². The molecular formula is C12H19N. The Balaban J connectivity index is 1.63. The van der Waals surface area contributed by atoms with Gasteiger partial charge in [0.1, 0.15) is 0 Å². The number of nitrogens with one attached hydrogen (secondary N) is 1. The van der Waals surface area contributed by atoms with Crippen molar-refractivity contribution in [2.45, 2.75) is 45.1 Å². The number of rotatable bonds is 4. The Hall–Kier alpha value is -0.480. The Labute approximate surface area is 81.3 Å². The van der Waals surface area contributed by atoms with Crippen molar-refractivity contribution in [2.75, 3.05) is 6.54 Å². The van der Waals surface area contributed by atoms with Gasteiger partial charge in [-0.2, -0.15) is 0 Å². The fraction of sp³-hybridized carbons (Fsp3) is 0.833. The molecule has 1 nitrogen and oxygen atoms in total. The molecule has 0 saturated heterocycles. The quantitative estimate of drug-likeness (QED) is 0.649. The zero-order valence-electron chi connectivity index (χ0n) is 8.47. The standard InChI is InChI=1S/C12H19N/c1-2-3-4-10-5-6-11(10)9-13-12-7-8-12/h10-13H,4-9H2,1H3. The van der Waals surface area contributed by atoms with Crippen LogP contribution in [0.15, 0.2) is 0 Å². The third kappa shape index (κ3) is 2.48. The normalized spacial score (nSPS) is 31.8. The predicted molar refractivity (Wildman–Crippen MR) is 55.3 cm³/mol. The lowest BCUT2D eigenvalue weighted by Gasteiger charge is -2.35. The van der Waals surface area contributed by atoms with Crippen molar-refractivity contribution in [1.82, 2.24) is 5.32 Å². The van der Waals surface area contributed by atoms with Crippen LogP contribution in [0, 0.1) is 23.7 Å². The van der Waals surface area contributed by atoms with Gasteiger partial charge >= 0.3 is 0 Å². The van der Waals surface area contributed by atoms with Crippen LogP contribution in [0.5, 0.6) is 0 Å². The van der Waals surface area contributed by atoms with Gasteiger partial charge in [-0.1, -0.05) is 0 Å². The molecule has 0 radical (unpaired) electrons. The molecule has 2 rings (SSSR count). The first-order valence-electron chi connectivity index (χ1n) is 5.53. The van der Waals surface area contributed by atoms with Gasteiger partial charge in [-0.3, -0.25) is 0 Å². The Kier molecular flexibility index (Phi) is 2.90. The maximum absolute atomic E-state index is 3.62. The van der Waals surface area contributed by atoms with E-state index in [-0.39, 0.29) is 0 Å². The highest BCUT2D eigenvalue weighted by atomic mass is 14.9. The van der Waals surface area contributed by atoms with E-state index < -0.39 is 0 Å². The van der Waals surface area contributed by atoms with E-state index >= 15 is 0 Å². The molecule has 13 heavy (non-hydrogen) atoms. The summed E-state index contributed by atoms with van der Waals surface area (Å²) >= 11 is 0. The average Bonchev–Trinajstić information content (AvgIpc) is 2.87. The lowest BCUT2D eigenvalue weighted by molar-refractivity contribution is 0.176. The highest BCUT2D eigenvalue weighted by Gasteiger charge is 2.31. The Bertz CT molecular complexity index is 219. The Morgan fingerprint density at radius 1 is 1.15 bits per heavy atom. The smallest absolute Gasteiger partial charge is 0.0120 e. The summed E-state index contributed by atoms with van der Waals surface area (Å²) in [7, 11) is 0. The molecule has 72 valence electrons. The minimum Gasteiger partial charge on any atom is -0.314 e. The minimum absolute atomic E-state index is 0.874. The van der Waals surface area contributed by atoms with E-state index in [4.69, 9.17) is 0 Å². The third-order valence-electron chi connectivity index (χ3n) is 3.36. The fourth-order valence-corrected chi connectivity index (χ4v) is 2.01. The van der Waals surface area contributed by atoms with Gasteiger partial charge in [0.05, 0.1) is 0 Å². The summed E-state index contributed by atoms with van der Waals surface area (Å²) in [4.78, 5) is 0. The molecule has 0 heterocycles.